The van der Waals surface area contributed by atoms with Gasteiger partial charge in [0, 0.05) is 12.7 Å². The molecule has 0 aliphatic carbocycles. The highest BCUT2D eigenvalue weighted by Gasteiger charge is 2.51. The van der Waals surface area contributed by atoms with Crippen LogP contribution in [0.5, 0.6) is 0 Å². The maximum atomic E-state index is 12.3. The molecule has 1 spiro atoms. The molecule has 1 atom stereocenters. The van der Waals surface area contributed by atoms with Gasteiger partial charge in [0.05, 0.1) is 12.1 Å². The predicted octanol–water partition coefficient (Wildman–Crippen LogP) is -0.623. The highest BCUT2D eigenvalue weighted by atomic mass is 16.2. The fraction of sp³-hybridized carbons (Fsp3) is 0.308. The van der Waals surface area contributed by atoms with Crippen molar-refractivity contribution in [1.29, 1.82) is 5.26 Å². The van der Waals surface area contributed by atoms with E-state index in [2.05, 4.69) is 15.6 Å². The van der Waals surface area contributed by atoms with Crippen LogP contribution in [0, 0.1) is 11.3 Å². The molecule has 1 aromatic heterocycles. The van der Waals surface area contributed by atoms with Gasteiger partial charge in [-0.15, -0.1) is 0 Å². The molecule has 2 aliphatic heterocycles. The zero-order chi connectivity index (χ0) is 15.0. The van der Waals surface area contributed by atoms with Crippen molar-refractivity contribution in [2.24, 2.45) is 0 Å². The van der Waals surface area contributed by atoms with E-state index in [-0.39, 0.29) is 18.1 Å². The molecule has 2 fully saturated rings. The molecule has 0 radical (unpaired) electrons. The number of likely N-dealkylation sites (tertiary alicyclic amines) is 1. The van der Waals surface area contributed by atoms with Gasteiger partial charge < -0.3 is 10.2 Å². The van der Waals surface area contributed by atoms with Crippen LogP contribution in [0.15, 0.2) is 18.3 Å². The molecule has 8 heteroatoms. The maximum Gasteiger partial charge on any atom is 0.322 e. The molecule has 106 valence electrons. The number of urea groups is 1. The second-order valence-corrected chi connectivity index (χ2v) is 5.01. The van der Waals surface area contributed by atoms with Crippen molar-refractivity contribution >= 4 is 17.8 Å². The van der Waals surface area contributed by atoms with Gasteiger partial charge in [-0.3, -0.25) is 14.9 Å². The molecule has 4 amide bonds. The monoisotopic (exact) mass is 285 g/mol. The van der Waals surface area contributed by atoms with Crippen LogP contribution < -0.4 is 10.6 Å². The van der Waals surface area contributed by atoms with Gasteiger partial charge in [0.25, 0.3) is 11.8 Å². The number of hydrogen-bond donors (Lipinski definition) is 2. The summed E-state index contributed by atoms with van der Waals surface area (Å²) in [6.07, 6.45) is 1.69. The van der Waals surface area contributed by atoms with Gasteiger partial charge in [0.1, 0.15) is 17.3 Å². The third kappa shape index (κ3) is 2.08. The highest BCUT2D eigenvalue weighted by Crippen LogP contribution is 2.25. The molecule has 0 saturated carbocycles. The number of pyridine rings is 1. The van der Waals surface area contributed by atoms with E-state index in [1.165, 1.54) is 23.2 Å². The second kappa shape index (κ2) is 4.56. The smallest absolute Gasteiger partial charge is 0.322 e. The number of aromatic nitrogens is 1. The summed E-state index contributed by atoms with van der Waals surface area (Å²) >= 11 is 0. The lowest BCUT2D eigenvalue weighted by Gasteiger charge is -2.20. The van der Waals surface area contributed by atoms with Gasteiger partial charge in [-0.25, -0.2) is 9.78 Å². The Morgan fingerprint density at radius 3 is 2.81 bits per heavy atom. The first-order chi connectivity index (χ1) is 10.0. The highest BCUT2D eigenvalue weighted by molar-refractivity contribution is 6.08. The van der Waals surface area contributed by atoms with Crippen molar-refractivity contribution in [2.45, 2.75) is 12.0 Å². The number of carbonyl (C=O) groups excluding carboxylic acids is 3. The number of nitrogens with zero attached hydrogens (tertiary/aromatic N) is 3. The second-order valence-electron chi connectivity index (χ2n) is 5.01. The molecule has 0 aromatic carbocycles. The maximum absolute atomic E-state index is 12.3. The van der Waals surface area contributed by atoms with Crippen LogP contribution in [0.4, 0.5) is 4.79 Å². The van der Waals surface area contributed by atoms with Crippen LogP contribution in [-0.2, 0) is 4.79 Å². The summed E-state index contributed by atoms with van der Waals surface area (Å²) in [7, 11) is 0. The fourth-order valence-corrected chi connectivity index (χ4v) is 2.55. The Labute approximate surface area is 119 Å². The van der Waals surface area contributed by atoms with Gasteiger partial charge >= 0.3 is 6.03 Å². The van der Waals surface area contributed by atoms with E-state index in [1.54, 1.807) is 0 Å². The lowest BCUT2D eigenvalue weighted by atomic mass is 9.99. The number of nitrogens with one attached hydrogen (secondary N) is 2. The van der Waals surface area contributed by atoms with E-state index in [0.717, 1.165) is 0 Å². The topological polar surface area (TPSA) is 115 Å². The Balaban J connectivity index is 1.77. The van der Waals surface area contributed by atoms with Gasteiger partial charge in [0.15, 0.2) is 0 Å². The molecule has 21 heavy (non-hydrogen) atoms. The number of amides is 4. The molecular formula is C13H11N5O3. The number of hydrogen-bond acceptors (Lipinski definition) is 5. The van der Waals surface area contributed by atoms with E-state index in [0.29, 0.717) is 18.5 Å². The quantitative estimate of drug-likeness (QED) is 0.667. The first-order valence-electron chi connectivity index (χ1n) is 6.33. The number of carbonyl (C=O) groups is 3. The van der Waals surface area contributed by atoms with E-state index in [4.69, 9.17) is 5.26 Å². The summed E-state index contributed by atoms with van der Waals surface area (Å²) in [5.41, 5.74) is -0.457. The van der Waals surface area contributed by atoms with Crippen molar-refractivity contribution in [2.75, 3.05) is 13.1 Å². The SMILES string of the molecule is N#Cc1ccc(C(=O)N2CCC3(C2)NC(=O)NC3=O)nc1. The van der Waals surface area contributed by atoms with Crippen molar-refractivity contribution in [1.82, 2.24) is 20.5 Å². The van der Waals surface area contributed by atoms with Gasteiger partial charge in [-0.2, -0.15) is 5.26 Å². The zero-order valence-corrected chi connectivity index (χ0v) is 10.9. The van der Waals surface area contributed by atoms with Crippen LogP contribution in [-0.4, -0.2) is 46.4 Å². The summed E-state index contributed by atoms with van der Waals surface area (Å²) in [5, 5.41) is 13.5. The first-order valence-corrected chi connectivity index (χ1v) is 6.33. The van der Waals surface area contributed by atoms with Crippen LogP contribution in [0.3, 0.4) is 0 Å². The van der Waals surface area contributed by atoms with Gasteiger partial charge in [-0.05, 0) is 18.6 Å². The molecule has 2 aliphatic rings. The average Bonchev–Trinajstić information content (AvgIpc) is 3.03. The van der Waals surface area contributed by atoms with Crippen LogP contribution in [0.25, 0.3) is 0 Å². The minimum absolute atomic E-state index is 0.116. The number of imide groups is 1. The molecule has 3 heterocycles. The largest absolute Gasteiger partial charge is 0.334 e. The minimum atomic E-state index is -1.03. The number of nitriles is 1. The Bertz CT molecular complexity index is 678. The third-order valence-corrected chi connectivity index (χ3v) is 3.68. The first kappa shape index (κ1) is 13.1. The Kier molecular flexibility index (Phi) is 2.83. The fourth-order valence-electron chi connectivity index (χ4n) is 2.55. The van der Waals surface area contributed by atoms with E-state index >= 15 is 0 Å². The van der Waals surface area contributed by atoms with Gasteiger partial charge in [0.2, 0.25) is 0 Å². The molecule has 3 rings (SSSR count). The summed E-state index contributed by atoms with van der Waals surface area (Å²) in [5.74, 6) is -0.735. The lowest BCUT2D eigenvalue weighted by molar-refractivity contribution is -0.123. The minimum Gasteiger partial charge on any atom is -0.334 e. The van der Waals surface area contributed by atoms with E-state index < -0.39 is 17.5 Å². The molecule has 2 saturated heterocycles. The third-order valence-electron chi connectivity index (χ3n) is 3.68. The van der Waals surface area contributed by atoms with Crippen molar-refractivity contribution in [3.63, 3.8) is 0 Å². The number of rotatable bonds is 1. The van der Waals surface area contributed by atoms with Crippen LogP contribution in [0.1, 0.15) is 22.5 Å². The molecule has 1 unspecified atom stereocenters. The van der Waals surface area contributed by atoms with Crippen LogP contribution in [0.2, 0.25) is 0 Å². The Morgan fingerprint density at radius 2 is 2.24 bits per heavy atom. The molecular weight excluding hydrogens is 274 g/mol. The van der Waals surface area contributed by atoms with Crippen molar-refractivity contribution in [3.05, 3.63) is 29.6 Å². The summed E-state index contributed by atoms with van der Waals surface area (Å²) in [6, 6.07) is 4.37. The summed E-state index contributed by atoms with van der Waals surface area (Å²) in [6.45, 7) is 0.472. The standard InChI is InChI=1S/C13H11N5O3/c14-5-8-1-2-9(15-6-8)10(19)18-4-3-13(7-18)11(20)16-12(21)17-13/h1-2,6H,3-4,7H2,(H2,16,17,20,21). The molecule has 8 nitrogen and oxygen atoms in total. The zero-order valence-electron chi connectivity index (χ0n) is 10.9. The molecule has 2 N–H and O–H groups in total. The molecule has 1 aromatic rings. The predicted molar refractivity (Wildman–Crippen MR) is 68.9 cm³/mol. The summed E-state index contributed by atoms with van der Waals surface area (Å²) < 4.78 is 0. The van der Waals surface area contributed by atoms with Gasteiger partial charge in [-0.1, -0.05) is 0 Å². The Hall–Kier alpha value is -2.95. The van der Waals surface area contributed by atoms with E-state index in [1.807, 2.05) is 6.07 Å². The average molecular weight is 285 g/mol. The van der Waals surface area contributed by atoms with Crippen molar-refractivity contribution in [3.8, 4) is 6.07 Å². The normalized spacial score (nSPS) is 23.9. The van der Waals surface area contributed by atoms with E-state index in [9.17, 15) is 14.4 Å². The Morgan fingerprint density at radius 1 is 1.43 bits per heavy atom. The summed E-state index contributed by atoms with van der Waals surface area (Å²) in [4.78, 5) is 40.8. The molecule has 0 bridgehead atoms. The lowest BCUT2D eigenvalue weighted by Crippen LogP contribution is -2.49. The van der Waals surface area contributed by atoms with Crippen molar-refractivity contribution < 1.29 is 14.4 Å². The van der Waals surface area contributed by atoms with Crippen LogP contribution >= 0.6 is 0 Å².